The molecular weight excluding hydrogens is 602 g/mol. The molecule has 2 aromatic carbocycles. The minimum atomic E-state index is -4.12. The molecular formula is C32H45N3O9S. The van der Waals surface area contributed by atoms with E-state index in [-0.39, 0.29) is 43.2 Å². The number of hydrogen-bond donors (Lipinski definition) is 3. The highest BCUT2D eigenvalue weighted by molar-refractivity contribution is 7.89. The molecule has 5 rings (SSSR count). The van der Waals surface area contributed by atoms with Crippen LogP contribution in [-0.2, 0) is 30.7 Å². The van der Waals surface area contributed by atoms with Gasteiger partial charge in [-0.2, -0.15) is 4.31 Å². The lowest BCUT2D eigenvalue weighted by Gasteiger charge is -2.35. The Balaban J connectivity index is 1.38. The van der Waals surface area contributed by atoms with Crippen molar-refractivity contribution in [2.24, 2.45) is 17.1 Å². The maximum absolute atomic E-state index is 14.2. The van der Waals surface area contributed by atoms with Gasteiger partial charge in [-0.3, -0.25) is 0 Å². The molecule has 3 aliphatic rings. The standard InChI is InChI=1S/C32H45N3O9S/c1-32(2,12-6-13-33)21-35(45(38,39)23-9-10-27-28(18-23)41-16-15-40-27)19-26(36)25(17-22-7-4-3-5-8-22)34-31(37)44-29-20-43-30-24(29)11-14-42-30/h3-5,7-10,18,24-26,29-30,36H,6,11-17,19-21,33H2,1-2H3,(H,34,37)/t24-,25-,26+,29-,30+/m0/s1. The van der Waals surface area contributed by atoms with Crippen LogP contribution in [0.25, 0.3) is 0 Å². The van der Waals surface area contributed by atoms with Gasteiger partial charge in [-0.15, -0.1) is 0 Å². The lowest BCUT2D eigenvalue weighted by atomic mass is 9.87. The molecule has 0 aromatic heterocycles. The first-order chi connectivity index (χ1) is 21.6. The zero-order valence-corrected chi connectivity index (χ0v) is 26.7. The van der Waals surface area contributed by atoms with Crippen LogP contribution in [0.15, 0.2) is 53.4 Å². The van der Waals surface area contributed by atoms with Crippen molar-refractivity contribution >= 4 is 16.1 Å². The highest BCUT2D eigenvalue weighted by Gasteiger charge is 2.44. The molecule has 13 heteroatoms. The molecule has 0 aliphatic carbocycles. The number of fused-ring (bicyclic) bond motifs is 2. The first-order valence-corrected chi connectivity index (χ1v) is 17.0. The van der Waals surface area contributed by atoms with Crippen molar-refractivity contribution in [3.05, 3.63) is 54.1 Å². The normalized spacial score (nSPS) is 22.6. The van der Waals surface area contributed by atoms with Gasteiger partial charge in [0.25, 0.3) is 0 Å². The van der Waals surface area contributed by atoms with Crippen molar-refractivity contribution < 1.29 is 42.0 Å². The summed E-state index contributed by atoms with van der Waals surface area (Å²) in [5.41, 5.74) is 6.18. The van der Waals surface area contributed by atoms with Crippen LogP contribution in [-0.4, -0.2) is 94.5 Å². The van der Waals surface area contributed by atoms with Crippen LogP contribution in [0.4, 0.5) is 4.79 Å². The molecule has 5 atom stereocenters. The molecule has 2 fully saturated rings. The Labute approximate surface area is 265 Å². The number of benzene rings is 2. The highest BCUT2D eigenvalue weighted by atomic mass is 32.2. The van der Waals surface area contributed by atoms with Crippen LogP contribution in [0.5, 0.6) is 11.5 Å². The summed E-state index contributed by atoms with van der Waals surface area (Å²) in [4.78, 5) is 13.2. The predicted octanol–water partition coefficient (Wildman–Crippen LogP) is 2.67. The quantitative estimate of drug-likeness (QED) is 0.278. The van der Waals surface area contributed by atoms with Crippen molar-refractivity contribution in [3.8, 4) is 11.5 Å². The average molecular weight is 648 g/mol. The summed E-state index contributed by atoms with van der Waals surface area (Å²) < 4.78 is 57.8. The van der Waals surface area contributed by atoms with Gasteiger partial charge in [0.2, 0.25) is 10.0 Å². The van der Waals surface area contributed by atoms with Gasteiger partial charge < -0.3 is 39.8 Å². The molecule has 0 saturated carbocycles. The fourth-order valence-electron chi connectivity index (χ4n) is 6.08. The third kappa shape index (κ3) is 8.46. The topological polar surface area (TPSA) is 159 Å². The summed E-state index contributed by atoms with van der Waals surface area (Å²) in [5.74, 6) is 0.779. The summed E-state index contributed by atoms with van der Waals surface area (Å²) in [6.45, 7) is 5.74. The Morgan fingerprint density at radius 3 is 2.62 bits per heavy atom. The minimum Gasteiger partial charge on any atom is -0.486 e. The number of sulfonamides is 1. The van der Waals surface area contributed by atoms with Gasteiger partial charge in [-0.1, -0.05) is 44.2 Å². The van der Waals surface area contributed by atoms with Crippen molar-refractivity contribution in [1.82, 2.24) is 9.62 Å². The molecule has 1 amide bonds. The lowest BCUT2D eigenvalue weighted by Crippen LogP contribution is -2.52. The second-order valence-electron chi connectivity index (χ2n) is 12.6. The van der Waals surface area contributed by atoms with Crippen LogP contribution >= 0.6 is 0 Å². The van der Waals surface area contributed by atoms with E-state index in [9.17, 15) is 18.3 Å². The monoisotopic (exact) mass is 647 g/mol. The molecule has 2 aromatic rings. The lowest BCUT2D eigenvalue weighted by molar-refractivity contribution is -0.0907. The molecule has 4 N–H and O–H groups in total. The van der Waals surface area contributed by atoms with E-state index in [1.165, 1.54) is 16.4 Å². The van der Waals surface area contributed by atoms with Gasteiger partial charge in [0, 0.05) is 19.2 Å². The number of alkyl carbamates (subject to hydrolysis) is 1. The van der Waals surface area contributed by atoms with Crippen molar-refractivity contribution in [3.63, 3.8) is 0 Å². The maximum atomic E-state index is 14.2. The SMILES string of the molecule is CC(C)(CCCN)CN(C[C@@H](O)[C@H](Cc1ccccc1)NC(=O)O[C@H]1CO[C@H]2OCC[C@H]21)S(=O)(=O)c1ccc2c(c1)OCCO2. The van der Waals surface area contributed by atoms with E-state index in [0.29, 0.717) is 44.3 Å². The number of amides is 1. The van der Waals surface area contributed by atoms with E-state index in [1.54, 1.807) is 6.07 Å². The van der Waals surface area contributed by atoms with Gasteiger partial charge in [-0.25, -0.2) is 13.2 Å². The number of carbonyl (C=O) groups excluding carboxylic acids is 1. The van der Waals surface area contributed by atoms with Gasteiger partial charge in [-0.05, 0) is 55.3 Å². The second-order valence-corrected chi connectivity index (χ2v) is 14.6. The molecule has 0 bridgehead atoms. The van der Waals surface area contributed by atoms with Crippen molar-refractivity contribution in [1.29, 1.82) is 0 Å². The minimum absolute atomic E-state index is 0.0233. The number of carbonyl (C=O) groups is 1. The fraction of sp³-hybridized carbons (Fsp3) is 0.594. The molecule has 45 heavy (non-hydrogen) atoms. The Bertz CT molecular complexity index is 1390. The smallest absolute Gasteiger partial charge is 0.407 e. The summed E-state index contributed by atoms with van der Waals surface area (Å²) in [6.07, 6.45) is -0.459. The Hall–Kier alpha value is -2.94. The zero-order chi connectivity index (χ0) is 32.0. The average Bonchev–Trinajstić information content (AvgIpc) is 3.65. The molecule has 3 heterocycles. The molecule has 12 nitrogen and oxygen atoms in total. The number of nitrogens with one attached hydrogen (secondary N) is 1. The highest BCUT2D eigenvalue weighted by Crippen LogP contribution is 2.35. The fourth-order valence-corrected chi connectivity index (χ4v) is 7.74. The molecule has 0 unspecified atom stereocenters. The first-order valence-electron chi connectivity index (χ1n) is 15.6. The largest absolute Gasteiger partial charge is 0.486 e. The molecule has 248 valence electrons. The van der Waals surface area contributed by atoms with Crippen LogP contribution in [0.3, 0.4) is 0 Å². The van der Waals surface area contributed by atoms with Crippen molar-refractivity contribution in [2.75, 3.05) is 46.1 Å². The number of aliphatic hydroxyl groups is 1. The van der Waals surface area contributed by atoms with E-state index < -0.39 is 39.8 Å². The Morgan fingerprint density at radius 1 is 1.11 bits per heavy atom. The first kappa shape index (κ1) is 33.4. The zero-order valence-electron chi connectivity index (χ0n) is 25.9. The van der Waals surface area contributed by atoms with E-state index in [1.807, 2.05) is 44.2 Å². The number of hydrogen-bond acceptors (Lipinski definition) is 10. The van der Waals surface area contributed by atoms with E-state index in [0.717, 1.165) is 18.4 Å². The Morgan fingerprint density at radius 2 is 1.87 bits per heavy atom. The van der Waals surface area contributed by atoms with Gasteiger partial charge in [0.15, 0.2) is 17.8 Å². The van der Waals surface area contributed by atoms with Gasteiger partial charge >= 0.3 is 6.09 Å². The van der Waals surface area contributed by atoms with E-state index in [4.69, 9.17) is 29.4 Å². The van der Waals surface area contributed by atoms with Crippen LogP contribution < -0.4 is 20.5 Å². The number of nitrogens with two attached hydrogens (primary N) is 1. The summed E-state index contributed by atoms with van der Waals surface area (Å²) in [6, 6.07) is 13.0. The Kier molecular flexibility index (Phi) is 10.9. The summed E-state index contributed by atoms with van der Waals surface area (Å²) in [5, 5.41) is 14.5. The van der Waals surface area contributed by atoms with Gasteiger partial charge in [0.05, 0.1) is 36.2 Å². The molecule has 0 radical (unpaired) electrons. The van der Waals surface area contributed by atoms with Crippen LogP contribution in [0.2, 0.25) is 0 Å². The van der Waals surface area contributed by atoms with E-state index in [2.05, 4.69) is 5.32 Å². The number of aliphatic hydroxyl groups excluding tert-OH is 1. The molecule has 3 aliphatic heterocycles. The number of rotatable bonds is 14. The van der Waals surface area contributed by atoms with Crippen LogP contribution in [0.1, 0.15) is 38.7 Å². The number of ether oxygens (including phenoxy) is 5. The molecule has 0 spiro atoms. The second kappa shape index (κ2) is 14.7. The van der Waals surface area contributed by atoms with Crippen LogP contribution in [0, 0.1) is 11.3 Å². The maximum Gasteiger partial charge on any atom is 0.407 e. The predicted molar refractivity (Wildman–Crippen MR) is 165 cm³/mol. The third-order valence-corrected chi connectivity index (χ3v) is 10.3. The summed E-state index contributed by atoms with van der Waals surface area (Å²) >= 11 is 0. The molecule has 2 saturated heterocycles. The van der Waals surface area contributed by atoms with Gasteiger partial charge in [0.1, 0.15) is 19.3 Å². The summed E-state index contributed by atoms with van der Waals surface area (Å²) in [7, 11) is -4.12. The van der Waals surface area contributed by atoms with E-state index >= 15 is 0 Å². The number of nitrogens with zero attached hydrogens (tertiary/aromatic N) is 1. The van der Waals surface area contributed by atoms with Crippen molar-refractivity contribution in [2.45, 2.75) is 69.0 Å². The third-order valence-electron chi connectivity index (χ3n) is 8.51.